The van der Waals surface area contributed by atoms with Crippen LogP contribution in [-0.4, -0.2) is 17.1 Å². The lowest BCUT2D eigenvalue weighted by Crippen LogP contribution is -2.25. The maximum absolute atomic E-state index is 8.57. The van der Waals surface area contributed by atoms with Crippen LogP contribution >= 0.6 is 0 Å². The lowest BCUT2D eigenvalue weighted by atomic mass is 10.1. The average molecular weight is 247 g/mol. The minimum atomic E-state index is 0.150. The van der Waals surface area contributed by atoms with Crippen LogP contribution in [0.3, 0.4) is 0 Å². The van der Waals surface area contributed by atoms with E-state index in [2.05, 4.69) is 17.4 Å². The SMILES string of the molecule is CC(CC1CC1)NCc1ccc(C(N)=NO)cc1. The van der Waals surface area contributed by atoms with Crippen molar-refractivity contribution in [1.82, 2.24) is 5.32 Å². The zero-order valence-electron chi connectivity index (χ0n) is 10.8. The molecule has 4 nitrogen and oxygen atoms in total. The third kappa shape index (κ3) is 3.74. The molecule has 4 heteroatoms. The highest BCUT2D eigenvalue weighted by atomic mass is 16.4. The van der Waals surface area contributed by atoms with E-state index >= 15 is 0 Å². The molecule has 0 spiro atoms. The van der Waals surface area contributed by atoms with E-state index in [-0.39, 0.29) is 5.84 Å². The van der Waals surface area contributed by atoms with Gasteiger partial charge in [-0.3, -0.25) is 0 Å². The Morgan fingerprint density at radius 2 is 2.11 bits per heavy atom. The molecular formula is C14H21N3O. The summed E-state index contributed by atoms with van der Waals surface area (Å²) in [6, 6.07) is 8.32. The molecule has 1 aromatic rings. The molecule has 1 aliphatic carbocycles. The first-order valence-corrected chi connectivity index (χ1v) is 6.49. The molecule has 4 N–H and O–H groups in total. The van der Waals surface area contributed by atoms with Crippen LogP contribution in [0, 0.1) is 5.92 Å². The summed E-state index contributed by atoms with van der Waals surface area (Å²) in [5.74, 6) is 1.10. The summed E-state index contributed by atoms with van der Waals surface area (Å²) >= 11 is 0. The number of hydrogen-bond donors (Lipinski definition) is 3. The van der Waals surface area contributed by atoms with Gasteiger partial charge in [-0.25, -0.2) is 0 Å². The van der Waals surface area contributed by atoms with Crippen LogP contribution in [0.5, 0.6) is 0 Å². The van der Waals surface area contributed by atoms with Crippen molar-refractivity contribution < 1.29 is 5.21 Å². The van der Waals surface area contributed by atoms with Crippen LogP contribution in [0.25, 0.3) is 0 Å². The maximum Gasteiger partial charge on any atom is 0.170 e. The third-order valence-corrected chi connectivity index (χ3v) is 3.40. The number of oxime groups is 1. The molecule has 98 valence electrons. The number of hydrogen-bond acceptors (Lipinski definition) is 3. The molecule has 0 radical (unpaired) electrons. The maximum atomic E-state index is 8.57. The summed E-state index contributed by atoms with van der Waals surface area (Å²) in [6.07, 6.45) is 4.09. The quantitative estimate of drug-likeness (QED) is 0.312. The molecule has 0 aliphatic heterocycles. The first-order valence-electron chi connectivity index (χ1n) is 6.49. The van der Waals surface area contributed by atoms with Crippen molar-refractivity contribution in [2.45, 2.75) is 38.8 Å². The van der Waals surface area contributed by atoms with Gasteiger partial charge in [-0.1, -0.05) is 42.3 Å². The van der Waals surface area contributed by atoms with E-state index in [0.29, 0.717) is 6.04 Å². The molecule has 0 bridgehead atoms. The average Bonchev–Trinajstić information content (AvgIpc) is 3.20. The third-order valence-electron chi connectivity index (χ3n) is 3.40. The normalized spacial score (nSPS) is 17.7. The molecule has 1 fully saturated rings. The molecular weight excluding hydrogens is 226 g/mol. The van der Waals surface area contributed by atoms with Crippen LogP contribution in [0.2, 0.25) is 0 Å². The van der Waals surface area contributed by atoms with Gasteiger partial charge >= 0.3 is 0 Å². The molecule has 1 aliphatic rings. The topological polar surface area (TPSA) is 70.6 Å². The van der Waals surface area contributed by atoms with E-state index in [0.717, 1.165) is 18.0 Å². The van der Waals surface area contributed by atoms with Gasteiger partial charge in [0.05, 0.1) is 0 Å². The second-order valence-corrected chi connectivity index (χ2v) is 5.14. The minimum absolute atomic E-state index is 0.150. The Balaban J connectivity index is 1.82. The predicted molar refractivity (Wildman–Crippen MR) is 72.6 cm³/mol. The summed E-state index contributed by atoms with van der Waals surface area (Å²) in [5, 5.41) is 15.1. The number of amidine groups is 1. The number of nitrogens with zero attached hydrogens (tertiary/aromatic N) is 1. The molecule has 1 aromatic carbocycles. The van der Waals surface area contributed by atoms with Crippen molar-refractivity contribution in [1.29, 1.82) is 0 Å². The minimum Gasteiger partial charge on any atom is -0.409 e. The molecule has 1 atom stereocenters. The van der Waals surface area contributed by atoms with E-state index in [9.17, 15) is 0 Å². The molecule has 0 heterocycles. The monoisotopic (exact) mass is 247 g/mol. The van der Waals surface area contributed by atoms with Crippen LogP contribution in [-0.2, 0) is 6.54 Å². The number of nitrogens with one attached hydrogen (secondary N) is 1. The van der Waals surface area contributed by atoms with E-state index in [1.807, 2.05) is 24.3 Å². The highest BCUT2D eigenvalue weighted by molar-refractivity contribution is 5.96. The Kier molecular flexibility index (Phi) is 4.20. The summed E-state index contributed by atoms with van der Waals surface area (Å²) in [6.45, 7) is 3.10. The van der Waals surface area contributed by atoms with Gasteiger partial charge in [0.25, 0.3) is 0 Å². The molecule has 0 aromatic heterocycles. The highest BCUT2D eigenvalue weighted by Crippen LogP contribution is 2.33. The fourth-order valence-electron chi connectivity index (χ4n) is 2.08. The number of benzene rings is 1. The Bertz CT molecular complexity index is 410. The van der Waals surface area contributed by atoms with Gasteiger partial charge in [-0.15, -0.1) is 0 Å². The van der Waals surface area contributed by atoms with Crippen molar-refractivity contribution in [3.05, 3.63) is 35.4 Å². The van der Waals surface area contributed by atoms with Gasteiger partial charge in [0, 0.05) is 18.2 Å². The Labute approximate surface area is 108 Å². The van der Waals surface area contributed by atoms with Gasteiger partial charge in [0.15, 0.2) is 5.84 Å². The van der Waals surface area contributed by atoms with Crippen LogP contribution in [0.1, 0.15) is 37.3 Å². The van der Waals surface area contributed by atoms with Gasteiger partial charge in [-0.2, -0.15) is 0 Å². The first kappa shape index (κ1) is 12.9. The Morgan fingerprint density at radius 1 is 1.44 bits per heavy atom. The van der Waals surface area contributed by atoms with E-state index in [4.69, 9.17) is 10.9 Å². The van der Waals surface area contributed by atoms with Gasteiger partial charge in [0.1, 0.15) is 0 Å². The van der Waals surface area contributed by atoms with Crippen molar-refractivity contribution in [3.8, 4) is 0 Å². The second-order valence-electron chi connectivity index (χ2n) is 5.14. The van der Waals surface area contributed by atoms with Crippen molar-refractivity contribution in [2.75, 3.05) is 0 Å². The largest absolute Gasteiger partial charge is 0.409 e. The highest BCUT2D eigenvalue weighted by Gasteiger charge is 2.23. The van der Waals surface area contributed by atoms with Crippen LogP contribution in [0.15, 0.2) is 29.4 Å². The van der Waals surface area contributed by atoms with Gasteiger partial charge in [0.2, 0.25) is 0 Å². The summed E-state index contributed by atoms with van der Waals surface area (Å²) in [4.78, 5) is 0. The van der Waals surface area contributed by atoms with E-state index in [1.54, 1.807) is 0 Å². The predicted octanol–water partition coefficient (Wildman–Crippen LogP) is 2.06. The second kappa shape index (κ2) is 5.87. The molecule has 2 rings (SSSR count). The zero-order valence-corrected chi connectivity index (χ0v) is 10.8. The summed E-state index contributed by atoms with van der Waals surface area (Å²) in [5.41, 5.74) is 7.47. The fourth-order valence-corrected chi connectivity index (χ4v) is 2.08. The molecule has 18 heavy (non-hydrogen) atoms. The van der Waals surface area contributed by atoms with Gasteiger partial charge in [-0.05, 0) is 24.8 Å². The molecule has 0 amide bonds. The van der Waals surface area contributed by atoms with Gasteiger partial charge < -0.3 is 16.3 Å². The standard InChI is InChI=1S/C14H21N3O/c1-10(8-11-2-3-11)16-9-12-4-6-13(7-5-12)14(15)17-18/h4-7,10-11,16,18H,2-3,8-9H2,1H3,(H2,15,17). The smallest absolute Gasteiger partial charge is 0.170 e. The molecule has 1 unspecified atom stereocenters. The summed E-state index contributed by atoms with van der Waals surface area (Å²) < 4.78 is 0. The Morgan fingerprint density at radius 3 is 2.67 bits per heavy atom. The van der Waals surface area contributed by atoms with E-state index in [1.165, 1.54) is 24.8 Å². The van der Waals surface area contributed by atoms with Crippen molar-refractivity contribution in [2.24, 2.45) is 16.8 Å². The van der Waals surface area contributed by atoms with Crippen LogP contribution < -0.4 is 11.1 Å². The zero-order chi connectivity index (χ0) is 13.0. The lowest BCUT2D eigenvalue weighted by molar-refractivity contribution is 0.318. The van der Waals surface area contributed by atoms with E-state index < -0.39 is 0 Å². The number of nitrogens with two attached hydrogens (primary N) is 1. The molecule has 0 saturated heterocycles. The molecule has 1 saturated carbocycles. The lowest BCUT2D eigenvalue weighted by Gasteiger charge is -2.13. The number of rotatable bonds is 6. The first-order chi connectivity index (χ1) is 8.69. The van der Waals surface area contributed by atoms with Crippen molar-refractivity contribution >= 4 is 5.84 Å². The summed E-state index contributed by atoms with van der Waals surface area (Å²) in [7, 11) is 0. The fraction of sp³-hybridized carbons (Fsp3) is 0.500. The van der Waals surface area contributed by atoms with Crippen molar-refractivity contribution in [3.63, 3.8) is 0 Å². The van der Waals surface area contributed by atoms with Crippen LogP contribution in [0.4, 0.5) is 0 Å². The Hall–Kier alpha value is -1.55.